The van der Waals surface area contributed by atoms with Gasteiger partial charge in [0, 0.05) is 25.8 Å². The van der Waals surface area contributed by atoms with Crippen LogP contribution in [0.5, 0.6) is 0 Å². The van der Waals surface area contributed by atoms with Crippen LogP contribution in [0.4, 0.5) is 0 Å². The van der Waals surface area contributed by atoms with Crippen LogP contribution in [-0.2, 0) is 13.0 Å². The molecule has 0 unspecified atom stereocenters. The van der Waals surface area contributed by atoms with E-state index in [0.29, 0.717) is 12.2 Å². The lowest BCUT2D eigenvalue weighted by Gasteiger charge is -2.00. The Labute approximate surface area is 117 Å². The summed E-state index contributed by atoms with van der Waals surface area (Å²) in [6.45, 7) is 2.20. The van der Waals surface area contributed by atoms with E-state index >= 15 is 0 Å². The highest BCUT2D eigenvalue weighted by Crippen LogP contribution is 2.12. The molecule has 0 atom stereocenters. The van der Waals surface area contributed by atoms with Gasteiger partial charge in [0.15, 0.2) is 0 Å². The number of carbonyl (C=O) groups is 1. The molecule has 0 aliphatic carbocycles. The fraction of sp³-hybridized carbons (Fsp3) is 0.222. The molecule has 1 aromatic carbocycles. The van der Waals surface area contributed by atoms with Crippen LogP contribution in [0, 0.1) is 0 Å². The summed E-state index contributed by atoms with van der Waals surface area (Å²) in [5, 5.41) is 0. The van der Waals surface area contributed by atoms with Crippen molar-refractivity contribution in [2.45, 2.75) is 6.92 Å². The molecule has 0 fully saturated rings. The Hall–Kier alpha value is -0.300. The van der Waals surface area contributed by atoms with E-state index in [1.165, 1.54) is 0 Å². The number of halogens is 3. The van der Waals surface area contributed by atoms with Crippen molar-refractivity contribution in [1.82, 2.24) is 0 Å². The van der Waals surface area contributed by atoms with Crippen LogP contribution in [0.25, 0.3) is 0 Å². The molecule has 4 nitrogen and oxygen atoms in total. The number of rotatable bonds is 2. The smallest absolute Gasteiger partial charge is 0.338 e. The summed E-state index contributed by atoms with van der Waals surface area (Å²) < 4.78 is 24.0. The first-order valence-electron chi connectivity index (χ1n) is 4.31. The maximum Gasteiger partial charge on any atom is 0.338 e. The third-order valence-corrected chi connectivity index (χ3v) is 1.83. The molecular weight excluding hydrogens is 355 g/mol. The molecule has 0 saturated heterocycles. The van der Waals surface area contributed by atoms with Gasteiger partial charge in [-0.1, -0.05) is 22.0 Å². The van der Waals surface area contributed by atoms with E-state index in [-0.39, 0.29) is 5.97 Å². The Morgan fingerprint density at radius 2 is 1.94 bits per heavy atom. The van der Waals surface area contributed by atoms with E-state index in [9.17, 15) is 4.79 Å². The highest BCUT2D eigenvalue weighted by atomic mass is 79.9. The number of hydrogen-bond acceptors (Lipinski definition) is 4. The monoisotopic (exact) mass is 362 g/mol. The average Bonchev–Trinajstić information content (AvgIpc) is 2.15. The summed E-state index contributed by atoms with van der Waals surface area (Å²) in [4.78, 5) is 11.2. The topological polar surface area (TPSA) is 60.4 Å². The van der Waals surface area contributed by atoms with Gasteiger partial charge < -0.3 is 4.74 Å². The fourth-order valence-electron chi connectivity index (χ4n) is 0.830. The number of ether oxygens (including phenoxy) is 1. The molecule has 1 aromatic rings. The summed E-state index contributed by atoms with van der Waals surface area (Å²) >= 11 is 3.27. The lowest BCUT2D eigenvalue weighted by molar-refractivity contribution is 0.0526. The van der Waals surface area contributed by atoms with Crippen molar-refractivity contribution >= 4 is 51.5 Å². The largest absolute Gasteiger partial charge is 0.462 e. The Morgan fingerprint density at radius 1 is 1.41 bits per heavy atom. The van der Waals surface area contributed by atoms with Crippen LogP contribution in [0.3, 0.4) is 0 Å². The average molecular weight is 364 g/mol. The maximum absolute atomic E-state index is 11.2. The molecule has 17 heavy (non-hydrogen) atoms. The van der Waals surface area contributed by atoms with Crippen molar-refractivity contribution in [3.8, 4) is 0 Å². The summed E-state index contributed by atoms with van der Waals surface area (Å²) in [5.41, 5.74) is 0.575. The summed E-state index contributed by atoms with van der Waals surface area (Å²) in [7, 11) is 4.81. The molecule has 0 N–H and O–H groups in total. The Kier molecular flexibility index (Phi) is 7.78. The highest BCUT2D eigenvalue weighted by molar-refractivity contribution is 9.10. The second kappa shape index (κ2) is 7.92. The molecule has 8 heteroatoms. The van der Waals surface area contributed by atoms with Gasteiger partial charge >= 0.3 is 14.2 Å². The Bertz CT molecular complexity index is 468. The van der Waals surface area contributed by atoms with Crippen LogP contribution in [0.15, 0.2) is 28.7 Å². The fourth-order valence-corrected chi connectivity index (χ4v) is 1.23. The molecule has 1 rings (SSSR count). The quantitative estimate of drug-likeness (QED) is 0.597. The molecule has 96 valence electrons. The van der Waals surface area contributed by atoms with Crippen LogP contribution in [0.2, 0.25) is 0 Å². The van der Waals surface area contributed by atoms with Gasteiger partial charge in [0.25, 0.3) is 0 Å². The molecule has 0 aliphatic rings. The number of esters is 1. The maximum atomic E-state index is 11.2. The molecular formula is C9H9BrCl2O4S. The summed E-state index contributed by atoms with van der Waals surface area (Å²) in [6.07, 6.45) is 0. The third-order valence-electron chi connectivity index (χ3n) is 1.34. The first-order valence-corrected chi connectivity index (χ1v) is 8.23. The lowest BCUT2D eigenvalue weighted by atomic mass is 10.2. The van der Waals surface area contributed by atoms with Gasteiger partial charge in [-0.2, -0.15) is 8.42 Å². The zero-order chi connectivity index (χ0) is 13.5. The number of hydrogen-bond donors (Lipinski definition) is 0. The van der Waals surface area contributed by atoms with Gasteiger partial charge in [-0.05, 0) is 25.1 Å². The van der Waals surface area contributed by atoms with Crippen molar-refractivity contribution in [3.63, 3.8) is 0 Å². The number of benzene rings is 1. The predicted molar refractivity (Wildman–Crippen MR) is 70.7 cm³/mol. The van der Waals surface area contributed by atoms with Gasteiger partial charge in [-0.3, -0.25) is 0 Å². The molecule has 0 heterocycles. The van der Waals surface area contributed by atoms with E-state index in [0.717, 1.165) is 4.47 Å². The highest BCUT2D eigenvalue weighted by Gasteiger charge is 2.04. The molecule has 0 bridgehead atoms. The SMILES string of the molecule is CCOC(=O)c1cccc(Br)c1.O=S(=O)(Cl)Cl. The van der Waals surface area contributed by atoms with Crippen LogP contribution >= 0.6 is 37.3 Å². The minimum Gasteiger partial charge on any atom is -0.462 e. The standard InChI is InChI=1S/C9H9BrO2.Cl2O2S/c1-2-12-9(11)7-4-3-5-8(10)6-7;1-5(2,3)4/h3-6H,2H2,1H3;. The zero-order valence-electron chi connectivity index (χ0n) is 8.69. The minimum absolute atomic E-state index is 0.279. The third kappa shape index (κ3) is 10.6. The van der Waals surface area contributed by atoms with E-state index in [4.69, 9.17) is 13.2 Å². The van der Waals surface area contributed by atoms with Gasteiger partial charge in [0.1, 0.15) is 0 Å². The van der Waals surface area contributed by atoms with E-state index in [1.54, 1.807) is 25.1 Å². The first kappa shape index (κ1) is 16.7. The number of carbonyl (C=O) groups excluding carboxylic acids is 1. The zero-order valence-corrected chi connectivity index (χ0v) is 12.6. The lowest BCUT2D eigenvalue weighted by Crippen LogP contribution is -2.03. The molecule has 0 saturated carbocycles. The van der Waals surface area contributed by atoms with Crippen molar-refractivity contribution in [2.24, 2.45) is 0 Å². The van der Waals surface area contributed by atoms with Crippen LogP contribution < -0.4 is 0 Å². The molecule has 0 amide bonds. The van der Waals surface area contributed by atoms with Crippen molar-refractivity contribution in [3.05, 3.63) is 34.3 Å². The van der Waals surface area contributed by atoms with E-state index in [2.05, 4.69) is 37.3 Å². The molecule has 0 aromatic heterocycles. The second-order valence-corrected chi connectivity index (χ2v) is 7.19. The normalized spacial score (nSPS) is 10.1. The predicted octanol–water partition coefficient (Wildman–Crippen LogP) is 3.33. The van der Waals surface area contributed by atoms with Gasteiger partial charge in [0.2, 0.25) is 0 Å². The minimum atomic E-state index is -3.72. The molecule has 0 spiro atoms. The summed E-state index contributed by atoms with van der Waals surface area (Å²) in [6, 6.07) is 7.12. The van der Waals surface area contributed by atoms with Gasteiger partial charge in [-0.15, -0.1) is 0 Å². The van der Waals surface area contributed by atoms with Crippen molar-refractivity contribution in [2.75, 3.05) is 6.61 Å². The Balaban J connectivity index is 0.000000437. The van der Waals surface area contributed by atoms with E-state index in [1.807, 2.05) is 6.07 Å². The van der Waals surface area contributed by atoms with Crippen molar-refractivity contribution < 1.29 is 17.9 Å². The van der Waals surface area contributed by atoms with Crippen LogP contribution in [0.1, 0.15) is 17.3 Å². The Morgan fingerprint density at radius 3 is 2.35 bits per heavy atom. The van der Waals surface area contributed by atoms with Gasteiger partial charge in [-0.25, -0.2) is 4.79 Å². The molecule has 0 radical (unpaired) electrons. The molecule has 0 aliphatic heterocycles. The van der Waals surface area contributed by atoms with E-state index < -0.39 is 8.26 Å². The first-order chi connectivity index (χ1) is 7.74. The summed E-state index contributed by atoms with van der Waals surface area (Å²) in [5.74, 6) is -0.279. The van der Waals surface area contributed by atoms with Crippen LogP contribution in [-0.4, -0.2) is 21.0 Å². The van der Waals surface area contributed by atoms with Gasteiger partial charge in [0.05, 0.1) is 12.2 Å². The second-order valence-electron chi connectivity index (χ2n) is 2.61. The van der Waals surface area contributed by atoms with Crippen molar-refractivity contribution in [1.29, 1.82) is 0 Å².